The summed E-state index contributed by atoms with van der Waals surface area (Å²) in [6.45, 7) is 7.93. The van der Waals surface area contributed by atoms with E-state index in [1.54, 1.807) is 25.1 Å². The van der Waals surface area contributed by atoms with Crippen LogP contribution in [0.4, 0.5) is 0 Å². The molecule has 3 aromatic rings. The third kappa shape index (κ3) is 4.22. The van der Waals surface area contributed by atoms with Crippen LogP contribution in [0.25, 0.3) is 10.9 Å². The topological polar surface area (TPSA) is 56.3 Å². The molecule has 0 radical (unpaired) electrons. The van der Waals surface area contributed by atoms with Crippen molar-refractivity contribution < 1.29 is 14.3 Å². The van der Waals surface area contributed by atoms with Crippen molar-refractivity contribution >= 4 is 22.7 Å². The fourth-order valence-electron chi connectivity index (χ4n) is 2.82. The standard InChI is InChI=1S/C23H23NO3/c1-15(21(25)17-9-12-18(13-10-17)23(2,3)4)27-22(26)20-14-11-16-7-5-6-8-19(16)24-20/h5-15H,1-4H3/t15-/m1/s1. The summed E-state index contributed by atoms with van der Waals surface area (Å²) in [5.74, 6) is -0.836. The number of pyridine rings is 1. The molecule has 4 heteroatoms. The molecule has 4 nitrogen and oxygen atoms in total. The van der Waals surface area contributed by atoms with E-state index in [9.17, 15) is 9.59 Å². The van der Waals surface area contributed by atoms with E-state index in [0.717, 1.165) is 10.9 Å². The predicted molar refractivity (Wildman–Crippen MR) is 106 cm³/mol. The molecule has 0 fully saturated rings. The fourth-order valence-corrected chi connectivity index (χ4v) is 2.82. The molecule has 0 aliphatic rings. The molecular formula is C23H23NO3. The molecule has 1 heterocycles. The monoisotopic (exact) mass is 361 g/mol. The molecule has 0 saturated carbocycles. The second kappa shape index (κ2) is 7.31. The number of benzene rings is 2. The van der Waals surface area contributed by atoms with Crippen LogP contribution >= 0.6 is 0 Å². The first-order valence-electron chi connectivity index (χ1n) is 8.97. The molecule has 1 atom stereocenters. The molecule has 0 unspecified atom stereocenters. The van der Waals surface area contributed by atoms with Gasteiger partial charge in [0.25, 0.3) is 0 Å². The average molecular weight is 361 g/mol. The van der Waals surface area contributed by atoms with Crippen LogP contribution in [-0.2, 0) is 10.2 Å². The van der Waals surface area contributed by atoms with Crippen molar-refractivity contribution in [3.63, 3.8) is 0 Å². The molecular weight excluding hydrogens is 338 g/mol. The van der Waals surface area contributed by atoms with Crippen molar-refractivity contribution in [2.75, 3.05) is 0 Å². The number of ether oxygens (including phenoxy) is 1. The molecule has 0 N–H and O–H groups in total. The van der Waals surface area contributed by atoms with Gasteiger partial charge in [-0.1, -0.05) is 69.3 Å². The minimum absolute atomic E-state index is 0.0153. The van der Waals surface area contributed by atoms with Gasteiger partial charge in [0.1, 0.15) is 5.69 Å². The lowest BCUT2D eigenvalue weighted by Gasteiger charge is -2.19. The highest BCUT2D eigenvalue weighted by Crippen LogP contribution is 2.23. The molecule has 1 aromatic heterocycles. The summed E-state index contributed by atoms with van der Waals surface area (Å²) in [6.07, 6.45) is -0.883. The summed E-state index contributed by atoms with van der Waals surface area (Å²) >= 11 is 0. The van der Waals surface area contributed by atoms with Crippen molar-refractivity contribution in [1.82, 2.24) is 4.98 Å². The number of Topliss-reactive ketones (excluding diaryl/α,β-unsaturated/α-hetero) is 1. The minimum atomic E-state index is -0.883. The van der Waals surface area contributed by atoms with Crippen LogP contribution in [0.3, 0.4) is 0 Å². The largest absolute Gasteiger partial charge is 0.450 e. The van der Waals surface area contributed by atoms with E-state index in [1.807, 2.05) is 42.5 Å². The number of carbonyl (C=O) groups excluding carboxylic acids is 2. The lowest BCUT2D eigenvalue weighted by Crippen LogP contribution is -2.25. The van der Waals surface area contributed by atoms with Crippen molar-refractivity contribution in [2.24, 2.45) is 0 Å². The van der Waals surface area contributed by atoms with Gasteiger partial charge >= 0.3 is 5.97 Å². The number of nitrogens with zero attached hydrogens (tertiary/aromatic N) is 1. The Bertz CT molecular complexity index is 984. The van der Waals surface area contributed by atoms with Gasteiger partial charge in [-0.2, -0.15) is 0 Å². The SMILES string of the molecule is C[C@@H](OC(=O)c1ccc2ccccc2n1)C(=O)c1ccc(C(C)(C)C)cc1. The molecule has 0 aliphatic carbocycles. The second-order valence-electron chi connectivity index (χ2n) is 7.63. The Hall–Kier alpha value is -3.01. The molecule has 0 saturated heterocycles. The Morgan fingerprint density at radius 3 is 2.26 bits per heavy atom. The van der Waals surface area contributed by atoms with Crippen molar-refractivity contribution in [2.45, 2.75) is 39.2 Å². The van der Waals surface area contributed by atoms with Crippen molar-refractivity contribution in [3.05, 3.63) is 77.5 Å². The number of rotatable bonds is 4. The summed E-state index contributed by atoms with van der Waals surface area (Å²) in [4.78, 5) is 29.3. The Morgan fingerprint density at radius 2 is 1.59 bits per heavy atom. The second-order valence-corrected chi connectivity index (χ2v) is 7.63. The van der Waals surface area contributed by atoms with Gasteiger partial charge < -0.3 is 4.74 Å². The maximum atomic E-state index is 12.6. The third-order valence-electron chi connectivity index (χ3n) is 4.50. The minimum Gasteiger partial charge on any atom is -0.450 e. The van der Waals surface area contributed by atoms with Crippen LogP contribution in [0.15, 0.2) is 60.7 Å². The van der Waals surface area contributed by atoms with E-state index in [4.69, 9.17) is 4.74 Å². The highest BCUT2D eigenvalue weighted by Gasteiger charge is 2.22. The van der Waals surface area contributed by atoms with Gasteiger partial charge in [-0.15, -0.1) is 0 Å². The molecule has 27 heavy (non-hydrogen) atoms. The number of aromatic nitrogens is 1. The van der Waals surface area contributed by atoms with Crippen LogP contribution in [0.1, 0.15) is 54.1 Å². The number of fused-ring (bicyclic) bond motifs is 1. The normalized spacial score (nSPS) is 12.6. The molecule has 0 amide bonds. The Balaban J connectivity index is 1.72. The van der Waals surface area contributed by atoms with Crippen LogP contribution < -0.4 is 0 Å². The zero-order valence-corrected chi connectivity index (χ0v) is 16.0. The number of esters is 1. The van der Waals surface area contributed by atoms with Crippen molar-refractivity contribution in [1.29, 1.82) is 0 Å². The van der Waals surface area contributed by atoms with Gasteiger partial charge in [-0.25, -0.2) is 9.78 Å². The van der Waals surface area contributed by atoms with Crippen LogP contribution in [0.5, 0.6) is 0 Å². The van der Waals surface area contributed by atoms with E-state index in [-0.39, 0.29) is 16.9 Å². The zero-order valence-electron chi connectivity index (χ0n) is 16.0. The van der Waals surface area contributed by atoms with Crippen LogP contribution in [0, 0.1) is 0 Å². The Labute approximate surface area is 159 Å². The first kappa shape index (κ1) is 18.8. The Kier molecular flexibility index (Phi) is 5.08. The van der Waals surface area contributed by atoms with Gasteiger partial charge in [-0.3, -0.25) is 4.79 Å². The third-order valence-corrected chi connectivity index (χ3v) is 4.50. The molecule has 0 aliphatic heterocycles. The molecule has 0 bridgehead atoms. The summed E-state index contributed by atoms with van der Waals surface area (Å²) < 4.78 is 5.35. The number of hydrogen-bond donors (Lipinski definition) is 0. The first-order valence-corrected chi connectivity index (χ1v) is 8.97. The van der Waals surface area contributed by atoms with Crippen molar-refractivity contribution in [3.8, 4) is 0 Å². The Morgan fingerprint density at radius 1 is 0.926 bits per heavy atom. The van der Waals surface area contributed by atoms with Gasteiger partial charge in [0.2, 0.25) is 5.78 Å². The summed E-state index contributed by atoms with van der Waals surface area (Å²) in [5.41, 5.74) is 2.58. The van der Waals surface area contributed by atoms with Gasteiger partial charge in [-0.05, 0) is 30.0 Å². The van der Waals surface area contributed by atoms with Gasteiger partial charge in [0.15, 0.2) is 6.10 Å². The summed E-state index contributed by atoms with van der Waals surface area (Å²) in [5, 5.41) is 0.942. The zero-order chi connectivity index (χ0) is 19.6. The van der Waals surface area contributed by atoms with Crippen LogP contribution in [0.2, 0.25) is 0 Å². The molecule has 0 spiro atoms. The highest BCUT2D eigenvalue weighted by atomic mass is 16.5. The molecule has 138 valence electrons. The summed E-state index contributed by atoms with van der Waals surface area (Å²) in [7, 11) is 0. The van der Waals surface area contributed by atoms with E-state index < -0.39 is 12.1 Å². The lowest BCUT2D eigenvalue weighted by molar-refractivity contribution is 0.0313. The fraction of sp³-hybridized carbons (Fsp3) is 0.261. The quantitative estimate of drug-likeness (QED) is 0.487. The van der Waals surface area contributed by atoms with E-state index in [0.29, 0.717) is 11.1 Å². The maximum Gasteiger partial charge on any atom is 0.357 e. The number of ketones is 1. The van der Waals surface area contributed by atoms with E-state index in [1.165, 1.54) is 0 Å². The number of para-hydroxylation sites is 1. The molecule has 2 aromatic carbocycles. The van der Waals surface area contributed by atoms with E-state index in [2.05, 4.69) is 25.8 Å². The number of carbonyl (C=O) groups is 2. The smallest absolute Gasteiger partial charge is 0.357 e. The highest BCUT2D eigenvalue weighted by molar-refractivity contribution is 6.01. The van der Waals surface area contributed by atoms with E-state index >= 15 is 0 Å². The van der Waals surface area contributed by atoms with Crippen LogP contribution in [-0.4, -0.2) is 22.8 Å². The summed E-state index contributed by atoms with van der Waals surface area (Å²) in [6, 6.07) is 18.4. The van der Waals surface area contributed by atoms with Gasteiger partial charge in [0.05, 0.1) is 5.52 Å². The predicted octanol–water partition coefficient (Wildman–Crippen LogP) is 4.96. The maximum absolute atomic E-state index is 12.6. The first-order chi connectivity index (χ1) is 12.8. The average Bonchev–Trinajstić information content (AvgIpc) is 2.66. The van der Waals surface area contributed by atoms with Gasteiger partial charge in [0, 0.05) is 10.9 Å². The lowest BCUT2D eigenvalue weighted by atomic mass is 9.86. The number of hydrogen-bond acceptors (Lipinski definition) is 4. The molecule has 3 rings (SSSR count).